The lowest BCUT2D eigenvalue weighted by Crippen LogP contribution is -2.44. The Morgan fingerprint density at radius 2 is 2.19 bits per heavy atom. The predicted molar refractivity (Wildman–Crippen MR) is 84.2 cm³/mol. The molecule has 0 bridgehead atoms. The number of rotatable bonds is 4. The van der Waals surface area contributed by atoms with Gasteiger partial charge >= 0.3 is 0 Å². The van der Waals surface area contributed by atoms with Gasteiger partial charge in [0, 0.05) is 29.4 Å². The van der Waals surface area contributed by atoms with Crippen LogP contribution < -0.4 is 0 Å². The normalized spacial score (nSPS) is 15.5. The molecule has 0 aliphatic carbocycles. The largest absolute Gasteiger partial charge is 0.381 e. The van der Waals surface area contributed by atoms with Gasteiger partial charge in [-0.2, -0.15) is 5.26 Å². The highest BCUT2D eigenvalue weighted by molar-refractivity contribution is 14.1. The van der Waals surface area contributed by atoms with Crippen molar-refractivity contribution in [1.82, 2.24) is 4.90 Å². The summed E-state index contributed by atoms with van der Waals surface area (Å²) >= 11 is 1.97. The summed E-state index contributed by atoms with van der Waals surface area (Å²) in [5.74, 6) is -0.493. The Balaban J connectivity index is 2.22. The van der Waals surface area contributed by atoms with E-state index in [0.29, 0.717) is 35.3 Å². The molecule has 1 amide bonds. The van der Waals surface area contributed by atoms with Gasteiger partial charge < -0.3 is 9.64 Å². The van der Waals surface area contributed by atoms with Gasteiger partial charge in [0.15, 0.2) is 0 Å². The second-order valence-corrected chi connectivity index (χ2v) is 6.04. The number of ether oxygens (including phenoxy) is 1. The van der Waals surface area contributed by atoms with Gasteiger partial charge in [-0.3, -0.25) is 4.79 Å². The summed E-state index contributed by atoms with van der Waals surface area (Å²) in [6.45, 7) is 1.65. The molecule has 6 heteroatoms. The molecule has 1 aromatic carbocycles. The number of nitrogens with zero attached hydrogens (tertiary/aromatic N) is 2. The molecule has 0 N–H and O–H groups in total. The molecule has 1 heterocycles. The molecule has 0 radical (unpaired) electrons. The zero-order valence-corrected chi connectivity index (χ0v) is 13.7. The van der Waals surface area contributed by atoms with Crippen molar-refractivity contribution in [1.29, 1.82) is 5.26 Å². The number of carbonyl (C=O) groups excluding carboxylic acids is 1. The van der Waals surface area contributed by atoms with Crippen LogP contribution in [-0.4, -0.2) is 36.6 Å². The monoisotopic (exact) mass is 402 g/mol. The van der Waals surface area contributed by atoms with Gasteiger partial charge in [-0.1, -0.05) is 0 Å². The molecule has 0 spiro atoms. The third-order valence-electron chi connectivity index (χ3n) is 3.52. The van der Waals surface area contributed by atoms with Crippen LogP contribution in [0.25, 0.3) is 0 Å². The van der Waals surface area contributed by atoms with Crippen LogP contribution in [0.4, 0.5) is 4.39 Å². The highest BCUT2D eigenvalue weighted by Crippen LogP contribution is 2.21. The van der Waals surface area contributed by atoms with Gasteiger partial charge in [0.1, 0.15) is 5.82 Å². The van der Waals surface area contributed by atoms with Crippen molar-refractivity contribution in [2.75, 3.05) is 19.8 Å². The zero-order chi connectivity index (χ0) is 15.2. The van der Waals surface area contributed by atoms with E-state index in [1.807, 2.05) is 22.6 Å². The number of hydrogen-bond acceptors (Lipinski definition) is 3. The fraction of sp³-hybridized carbons (Fsp3) is 0.467. The fourth-order valence-corrected chi connectivity index (χ4v) is 3.14. The van der Waals surface area contributed by atoms with Crippen LogP contribution in [0.3, 0.4) is 0 Å². The third kappa shape index (κ3) is 4.14. The highest BCUT2D eigenvalue weighted by atomic mass is 127. The van der Waals surface area contributed by atoms with E-state index in [1.165, 1.54) is 18.2 Å². The average molecular weight is 402 g/mol. The van der Waals surface area contributed by atoms with Crippen LogP contribution in [0.2, 0.25) is 0 Å². The maximum absolute atomic E-state index is 13.2. The number of benzene rings is 1. The van der Waals surface area contributed by atoms with Gasteiger partial charge in [-0.15, -0.1) is 0 Å². The van der Waals surface area contributed by atoms with Gasteiger partial charge in [-0.05, 0) is 53.6 Å². The first-order chi connectivity index (χ1) is 10.1. The van der Waals surface area contributed by atoms with Gasteiger partial charge in [0.2, 0.25) is 0 Å². The van der Waals surface area contributed by atoms with E-state index in [2.05, 4.69) is 6.07 Å². The minimum atomic E-state index is -0.356. The minimum absolute atomic E-state index is 0.0838. The van der Waals surface area contributed by atoms with E-state index >= 15 is 0 Å². The molecule has 1 aromatic rings. The summed E-state index contributed by atoms with van der Waals surface area (Å²) in [6, 6.07) is 6.32. The van der Waals surface area contributed by atoms with Crippen LogP contribution >= 0.6 is 22.6 Å². The fourth-order valence-electron chi connectivity index (χ4n) is 2.43. The van der Waals surface area contributed by atoms with Crippen molar-refractivity contribution in [3.63, 3.8) is 0 Å². The summed E-state index contributed by atoms with van der Waals surface area (Å²) in [6.07, 6.45) is 1.84. The second kappa shape index (κ2) is 7.71. The van der Waals surface area contributed by atoms with Crippen molar-refractivity contribution in [3.05, 3.63) is 33.1 Å². The maximum Gasteiger partial charge on any atom is 0.255 e. The smallest absolute Gasteiger partial charge is 0.255 e. The molecule has 1 fully saturated rings. The zero-order valence-electron chi connectivity index (χ0n) is 11.5. The second-order valence-electron chi connectivity index (χ2n) is 4.87. The van der Waals surface area contributed by atoms with Crippen LogP contribution in [0.1, 0.15) is 29.6 Å². The van der Waals surface area contributed by atoms with E-state index in [9.17, 15) is 9.18 Å². The Morgan fingerprint density at radius 3 is 2.81 bits per heavy atom. The van der Waals surface area contributed by atoms with E-state index in [-0.39, 0.29) is 17.8 Å². The Morgan fingerprint density at radius 1 is 1.48 bits per heavy atom. The van der Waals surface area contributed by atoms with E-state index in [0.717, 1.165) is 12.8 Å². The molecule has 4 nitrogen and oxygen atoms in total. The molecule has 0 unspecified atom stereocenters. The lowest BCUT2D eigenvalue weighted by molar-refractivity contribution is 0.0295. The summed E-state index contributed by atoms with van der Waals surface area (Å²) < 4.78 is 19.1. The number of carbonyl (C=O) groups is 1. The van der Waals surface area contributed by atoms with Crippen molar-refractivity contribution in [2.45, 2.75) is 25.3 Å². The van der Waals surface area contributed by atoms with Crippen molar-refractivity contribution >= 4 is 28.5 Å². The van der Waals surface area contributed by atoms with Crippen molar-refractivity contribution in [3.8, 4) is 6.07 Å². The van der Waals surface area contributed by atoms with E-state index < -0.39 is 0 Å². The SMILES string of the molecule is N#CCCN(C(=O)c1ccc(F)cc1I)C1CCOCC1. The molecule has 112 valence electrons. The first-order valence-corrected chi connectivity index (χ1v) is 7.92. The molecule has 0 aromatic heterocycles. The van der Waals surface area contributed by atoms with Gasteiger partial charge in [-0.25, -0.2) is 4.39 Å². The van der Waals surface area contributed by atoms with Crippen LogP contribution in [0, 0.1) is 20.7 Å². The third-order valence-corrected chi connectivity index (χ3v) is 4.41. The number of nitriles is 1. The first kappa shape index (κ1) is 16.2. The maximum atomic E-state index is 13.2. The lowest BCUT2D eigenvalue weighted by Gasteiger charge is -2.34. The first-order valence-electron chi connectivity index (χ1n) is 6.84. The Labute approximate surface area is 137 Å². The molecular weight excluding hydrogens is 386 g/mol. The van der Waals surface area contributed by atoms with Gasteiger partial charge in [0.05, 0.1) is 18.1 Å². The Kier molecular flexibility index (Phi) is 5.94. The summed E-state index contributed by atoms with van der Waals surface area (Å²) in [4.78, 5) is 14.5. The van der Waals surface area contributed by atoms with Crippen molar-refractivity contribution in [2.24, 2.45) is 0 Å². The quantitative estimate of drug-likeness (QED) is 0.728. The standard InChI is InChI=1S/C15H16FIN2O2/c16-11-2-3-13(14(17)10-11)15(20)19(7-1-6-18)12-4-8-21-9-5-12/h2-3,10,12H,1,4-5,7-9H2. The molecule has 1 aliphatic heterocycles. The number of amides is 1. The molecule has 0 saturated carbocycles. The summed E-state index contributed by atoms with van der Waals surface area (Å²) in [5, 5.41) is 8.79. The Bertz CT molecular complexity index is 553. The number of halogens is 2. The minimum Gasteiger partial charge on any atom is -0.381 e. The molecule has 2 rings (SSSR count). The van der Waals surface area contributed by atoms with Gasteiger partial charge in [0.25, 0.3) is 5.91 Å². The average Bonchev–Trinajstić information content (AvgIpc) is 2.48. The topological polar surface area (TPSA) is 53.3 Å². The van der Waals surface area contributed by atoms with Crippen LogP contribution in [-0.2, 0) is 4.74 Å². The highest BCUT2D eigenvalue weighted by Gasteiger charge is 2.27. The molecule has 0 atom stereocenters. The van der Waals surface area contributed by atoms with Crippen LogP contribution in [0.15, 0.2) is 18.2 Å². The van der Waals surface area contributed by atoms with E-state index in [1.54, 1.807) is 4.90 Å². The lowest BCUT2D eigenvalue weighted by atomic mass is 10.0. The molecular formula is C15H16FIN2O2. The summed E-state index contributed by atoms with van der Waals surface area (Å²) in [5.41, 5.74) is 0.487. The Hall–Kier alpha value is -1.20. The van der Waals surface area contributed by atoms with Crippen LogP contribution in [0.5, 0.6) is 0 Å². The van der Waals surface area contributed by atoms with Crippen molar-refractivity contribution < 1.29 is 13.9 Å². The number of hydrogen-bond donors (Lipinski definition) is 0. The molecule has 1 saturated heterocycles. The predicted octanol–water partition coefficient (Wildman–Crippen LogP) is 2.97. The molecule has 21 heavy (non-hydrogen) atoms. The molecule has 1 aliphatic rings. The van der Waals surface area contributed by atoms with E-state index in [4.69, 9.17) is 10.00 Å². The summed E-state index contributed by atoms with van der Waals surface area (Å²) in [7, 11) is 0.